The minimum absolute atomic E-state index is 0. The molecule has 0 unspecified atom stereocenters. The molecule has 3 aromatic rings. The summed E-state index contributed by atoms with van der Waals surface area (Å²) in [5, 5.41) is 7.08. The Morgan fingerprint density at radius 3 is 2.38 bits per heavy atom. The van der Waals surface area contributed by atoms with Gasteiger partial charge in [0.15, 0.2) is 0 Å². The van der Waals surface area contributed by atoms with E-state index in [9.17, 15) is 4.39 Å². The molecule has 1 aromatic heterocycles. The normalized spacial score (nSPS) is 10.0. The van der Waals surface area contributed by atoms with Crippen molar-refractivity contribution in [3.05, 3.63) is 54.3 Å². The number of benzene rings is 2. The van der Waals surface area contributed by atoms with Gasteiger partial charge in [-0.1, -0.05) is 12.1 Å². The Kier molecular flexibility index (Phi) is 4.55. The summed E-state index contributed by atoms with van der Waals surface area (Å²) in [6.07, 6.45) is 0. The van der Waals surface area contributed by atoms with Gasteiger partial charge in [0, 0.05) is 18.1 Å². The minimum Gasteiger partial charge on any atom is -0.372 e. The van der Waals surface area contributed by atoms with E-state index in [2.05, 4.69) is 20.6 Å². The Labute approximate surface area is 127 Å². The zero-order valence-corrected chi connectivity index (χ0v) is 12.1. The van der Waals surface area contributed by atoms with Gasteiger partial charge < -0.3 is 10.6 Å². The number of aromatic nitrogens is 2. The molecule has 6 heteroatoms. The first-order valence-electron chi connectivity index (χ1n) is 6.23. The fraction of sp³-hybridized carbons (Fsp3) is 0.0667. The average molecular weight is 305 g/mol. The number of nitrogens with zero attached hydrogens (tertiary/aromatic N) is 2. The van der Waals surface area contributed by atoms with Gasteiger partial charge in [-0.2, -0.15) is 4.98 Å². The second-order valence-electron chi connectivity index (χ2n) is 4.29. The molecular weight excluding hydrogens is 291 g/mol. The number of hydrogen-bond donors (Lipinski definition) is 2. The zero-order valence-electron chi connectivity index (χ0n) is 11.3. The molecule has 0 saturated carbocycles. The maximum atomic E-state index is 12.9. The molecule has 2 N–H and O–H groups in total. The van der Waals surface area contributed by atoms with Crippen LogP contribution >= 0.6 is 12.4 Å². The van der Waals surface area contributed by atoms with Gasteiger partial charge in [0.2, 0.25) is 5.95 Å². The lowest BCUT2D eigenvalue weighted by molar-refractivity contribution is 0.628. The van der Waals surface area contributed by atoms with Crippen molar-refractivity contribution in [3.8, 4) is 0 Å². The highest BCUT2D eigenvalue weighted by Crippen LogP contribution is 2.23. The number of nitrogens with one attached hydrogen (secondary N) is 2. The Morgan fingerprint density at radius 2 is 1.67 bits per heavy atom. The van der Waals surface area contributed by atoms with E-state index in [-0.39, 0.29) is 18.2 Å². The third-order valence-corrected chi connectivity index (χ3v) is 2.94. The Bertz CT molecular complexity index is 746. The van der Waals surface area contributed by atoms with Gasteiger partial charge in [-0.15, -0.1) is 12.4 Å². The van der Waals surface area contributed by atoms with Gasteiger partial charge in [-0.25, -0.2) is 9.37 Å². The lowest BCUT2D eigenvalue weighted by atomic mass is 10.2. The average Bonchev–Trinajstić information content (AvgIpc) is 2.49. The highest BCUT2D eigenvalue weighted by Gasteiger charge is 2.06. The van der Waals surface area contributed by atoms with Gasteiger partial charge in [-0.3, -0.25) is 0 Å². The van der Waals surface area contributed by atoms with Crippen LogP contribution in [0.3, 0.4) is 0 Å². The third-order valence-electron chi connectivity index (χ3n) is 2.94. The van der Waals surface area contributed by atoms with Crippen LogP contribution in [0.5, 0.6) is 0 Å². The SMILES string of the molecule is CNc1nc(Nc2ccc(F)cc2)nc2ccccc12.Cl. The van der Waals surface area contributed by atoms with Crippen LogP contribution in [0.1, 0.15) is 0 Å². The molecule has 0 atom stereocenters. The van der Waals surface area contributed by atoms with E-state index in [1.54, 1.807) is 12.1 Å². The summed E-state index contributed by atoms with van der Waals surface area (Å²) in [7, 11) is 1.82. The predicted molar refractivity (Wildman–Crippen MR) is 86.0 cm³/mol. The lowest BCUT2D eigenvalue weighted by Crippen LogP contribution is -2.02. The molecule has 0 bridgehead atoms. The monoisotopic (exact) mass is 304 g/mol. The molecule has 0 radical (unpaired) electrons. The maximum absolute atomic E-state index is 12.9. The van der Waals surface area contributed by atoms with Crippen molar-refractivity contribution in [3.63, 3.8) is 0 Å². The van der Waals surface area contributed by atoms with Crippen molar-refractivity contribution in [1.29, 1.82) is 0 Å². The smallest absolute Gasteiger partial charge is 0.229 e. The van der Waals surface area contributed by atoms with Crippen LogP contribution in [0, 0.1) is 5.82 Å². The van der Waals surface area contributed by atoms with Crippen molar-refractivity contribution >= 4 is 40.8 Å². The van der Waals surface area contributed by atoms with Gasteiger partial charge >= 0.3 is 0 Å². The van der Waals surface area contributed by atoms with E-state index < -0.39 is 0 Å². The number of para-hydroxylation sites is 1. The third kappa shape index (κ3) is 3.20. The Balaban J connectivity index is 0.00000161. The van der Waals surface area contributed by atoms with E-state index in [4.69, 9.17) is 0 Å². The molecule has 0 spiro atoms. The summed E-state index contributed by atoms with van der Waals surface area (Å²) in [5.74, 6) is 0.950. The molecule has 0 amide bonds. The number of rotatable bonds is 3. The summed E-state index contributed by atoms with van der Waals surface area (Å²) in [6, 6.07) is 13.8. The van der Waals surface area contributed by atoms with Crippen molar-refractivity contribution in [2.24, 2.45) is 0 Å². The maximum Gasteiger partial charge on any atom is 0.229 e. The summed E-state index contributed by atoms with van der Waals surface area (Å²) < 4.78 is 12.9. The summed E-state index contributed by atoms with van der Waals surface area (Å²) in [5.41, 5.74) is 1.58. The number of hydrogen-bond acceptors (Lipinski definition) is 4. The molecule has 0 aliphatic rings. The molecule has 4 nitrogen and oxygen atoms in total. The van der Waals surface area contributed by atoms with Gasteiger partial charge in [0.1, 0.15) is 11.6 Å². The minimum atomic E-state index is -0.272. The fourth-order valence-electron chi connectivity index (χ4n) is 1.99. The second-order valence-corrected chi connectivity index (χ2v) is 4.29. The lowest BCUT2D eigenvalue weighted by Gasteiger charge is -2.09. The molecule has 0 aliphatic heterocycles. The van der Waals surface area contributed by atoms with Crippen molar-refractivity contribution in [2.45, 2.75) is 0 Å². The van der Waals surface area contributed by atoms with Gasteiger partial charge in [0.05, 0.1) is 5.52 Å². The number of anilines is 3. The molecule has 0 aliphatic carbocycles. The molecular formula is C15H14ClFN4. The van der Waals surface area contributed by atoms with E-state index in [1.165, 1.54) is 12.1 Å². The Hall–Kier alpha value is -2.40. The first-order valence-corrected chi connectivity index (χ1v) is 6.23. The second kappa shape index (κ2) is 6.37. The fourth-order valence-corrected chi connectivity index (χ4v) is 1.99. The molecule has 1 heterocycles. The van der Waals surface area contributed by atoms with E-state index in [0.717, 1.165) is 22.4 Å². The molecule has 3 rings (SSSR count). The van der Waals surface area contributed by atoms with Crippen LogP contribution in [0.25, 0.3) is 10.9 Å². The quantitative estimate of drug-likeness (QED) is 0.768. The summed E-state index contributed by atoms with van der Waals surface area (Å²) >= 11 is 0. The molecule has 0 saturated heterocycles. The topological polar surface area (TPSA) is 49.8 Å². The van der Waals surface area contributed by atoms with E-state index >= 15 is 0 Å². The van der Waals surface area contributed by atoms with Gasteiger partial charge in [-0.05, 0) is 36.4 Å². The summed E-state index contributed by atoms with van der Waals surface area (Å²) in [6.45, 7) is 0. The van der Waals surface area contributed by atoms with Gasteiger partial charge in [0.25, 0.3) is 0 Å². The van der Waals surface area contributed by atoms with Crippen LogP contribution in [0.2, 0.25) is 0 Å². The van der Waals surface area contributed by atoms with E-state index in [0.29, 0.717) is 5.95 Å². The van der Waals surface area contributed by atoms with E-state index in [1.807, 2.05) is 31.3 Å². The number of halogens is 2. The van der Waals surface area contributed by atoms with Crippen LogP contribution in [0.4, 0.5) is 21.8 Å². The number of fused-ring (bicyclic) bond motifs is 1. The molecule has 0 fully saturated rings. The first-order chi connectivity index (χ1) is 9.76. The van der Waals surface area contributed by atoms with Crippen LogP contribution < -0.4 is 10.6 Å². The van der Waals surface area contributed by atoms with Crippen molar-refractivity contribution in [1.82, 2.24) is 9.97 Å². The van der Waals surface area contributed by atoms with Crippen LogP contribution in [-0.2, 0) is 0 Å². The highest BCUT2D eigenvalue weighted by atomic mass is 35.5. The Morgan fingerprint density at radius 1 is 0.952 bits per heavy atom. The predicted octanol–water partition coefficient (Wildman–Crippen LogP) is 3.98. The van der Waals surface area contributed by atoms with Crippen molar-refractivity contribution in [2.75, 3.05) is 17.7 Å². The largest absolute Gasteiger partial charge is 0.372 e. The highest BCUT2D eigenvalue weighted by molar-refractivity contribution is 5.90. The molecule has 21 heavy (non-hydrogen) atoms. The standard InChI is InChI=1S/C15H13FN4.ClH/c1-17-14-12-4-2-3-5-13(12)19-15(20-14)18-11-8-6-10(16)7-9-11;/h2-9H,1H3,(H2,17,18,19,20);1H. The van der Waals surface area contributed by atoms with Crippen molar-refractivity contribution < 1.29 is 4.39 Å². The van der Waals surface area contributed by atoms with Crippen LogP contribution in [-0.4, -0.2) is 17.0 Å². The first kappa shape index (κ1) is 15.0. The van der Waals surface area contributed by atoms with Crippen LogP contribution in [0.15, 0.2) is 48.5 Å². The molecule has 108 valence electrons. The summed E-state index contributed by atoms with van der Waals surface area (Å²) in [4.78, 5) is 8.86. The molecule has 2 aromatic carbocycles. The zero-order chi connectivity index (χ0) is 13.9.